The van der Waals surface area contributed by atoms with Gasteiger partial charge in [0.15, 0.2) is 0 Å². The van der Waals surface area contributed by atoms with Crippen molar-refractivity contribution in [2.75, 3.05) is 0 Å². The van der Waals surface area contributed by atoms with Gasteiger partial charge in [-0.3, -0.25) is 0 Å². The van der Waals surface area contributed by atoms with Crippen LogP contribution in [0.25, 0.3) is 0 Å². The van der Waals surface area contributed by atoms with Crippen LogP contribution in [0.4, 0.5) is 0 Å². The number of hydrogen-bond acceptors (Lipinski definition) is 1. The van der Waals surface area contributed by atoms with E-state index in [1.807, 2.05) is 13.0 Å². The van der Waals surface area contributed by atoms with Crippen LogP contribution >= 0.6 is 0 Å². The fourth-order valence-corrected chi connectivity index (χ4v) is 4.46. The number of carboxylic acids is 1. The molecule has 1 saturated carbocycles. The summed E-state index contributed by atoms with van der Waals surface area (Å²) in [7, 11) is 0. The Morgan fingerprint density at radius 1 is 1.07 bits per heavy atom. The number of carboxylic acid groups (broad SMARTS) is 1. The van der Waals surface area contributed by atoms with Crippen LogP contribution in [0.3, 0.4) is 0 Å². The third kappa shape index (κ3) is 4.54. The monoisotopic (exact) mass is 394 g/mol. The van der Waals surface area contributed by atoms with Gasteiger partial charge in [-0.2, -0.15) is 0 Å². The van der Waals surface area contributed by atoms with E-state index in [4.69, 9.17) is 5.11 Å². The van der Waals surface area contributed by atoms with Crippen LogP contribution in [-0.2, 0) is 21.0 Å². The number of carbonyl (C=O) groups is 1. The first-order valence-corrected chi connectivity index (χ1v) is 9.71. The number of allylic oxidation sites excluding steroid dienone is 3. The predicted molar refractivity (Wildman–Crippen MR) is 116 cm³/mol. The molecular formula is C24H34CaO2. The number of aliphatic carboxylic acids is 1. The van der Waals surface area contributed by atoms with E-state index in [0.717, 1.165) is 12.0 Å². The third-order valence-electron chi connectivity index (χ3n) is 6.76. The van der Waals surface area contributed by atoms with E-state index in [9.17, 15) is 4.79 Å². The minimum absolute atomic E-state index is 0. The molecule has 1 aromatic rings. The molecule has 27 heavy (non-hydrogen) atoms. The zero-order chi connectivity index (χ0) is 19.3. The first-order chi connectivity index (χ1) is 12.0. The summed E-state index contributed by atoms with van der Waals surface area (Å²) in [5, 5.41) is 8.84. The van der Waals surface area contributed by atoms with Crippen molar-refractivity contribution >= 4 is 43.7 Å². The van der Waals surface area contributed by atoms with E-state index < -0.39 is 5.97 Å². The molecule has 2 atom stereocenters. The molecule has 0 heterocycles. The average molecular weight is 395 g/mol. The van der Waals surface area contributed by atoms with Crippen molar-refractivity contribution in [1.82, 2.24) is 0 Å². The second kappa shape index (κ2) is 7.69. The molecule has 0 spiro atoms. The molecule has 0 aliphatic heterocycles. The van der Waals surface area contributed by atoms with Crippen molar-refractivity contribution in [1.29, 1.82) is 0 Å². The van der Waals surface area contributed by atoms with E-state index >= 15 is 0 Å². The van der Waals surface area contributed by atoms with Crippen molar-refractivity contribution in [3.63, 3.8) is 0 Å². The second-order valence-electron chi connectivity index (χ2n) is 9.84. The maximum absolute atomic E-state index is 10.8. The molecule has 1 aromatic carbocycles. The summed E-state index contributed by atoms with van der Waals surface area (Å²) in [5.74, 6) is -0.400. The van der Waals surface area contributed by atoms with Crippen LogP contribution in [0, 0.1) is 5.92 Å². The van der Waals surface area contributed by atoms with Gasteiger partial charge in [0.25, 0.3) is 0 Å². The van der Waals surface area contributed by atoms with Gasteiger partial charge in [-0.25, -0.2) is 4.79 Å². The minimum atomic E-state index is -0.884. The quantitative estimate of drug-likeness (QED) is 0.444. The molecule has 2 aliphatic rings. The van der Waals surface area contributed by atoms with Gasteiger partial charge in [-0.05, 0) is 70.6 Å². The van der Waals surface area contributed by atoms with Crippen LogP contribution in [0.15, 0.2) is 42.0 Å². The van der Waals surface area contributed by atoms with Crippen molar-refractivity contribution in [3.05, 3.63) is 58.7 Å². The molecule has 1 fully saturated rings. The molecule has 0 aromatic heterocycles. The zero-order valence-electron chi connectivity index (χ0n) is 17.0. The van der Waals surface area contributed by atoms with Crippen LogP contribution in [-0.4, -0.2) is 48.8 Å². The van der Waals surface area contributed by atoms with Gasteiger partial charge in [0.2, 0.25) is 0 Å². The first-order valence-electron chi connectivity index (χ1n) is 9.71. The van der Waals surface area contributed by atoms with Gasteiger partial charge >= 0.3 is 43.7 Å². The standard InChI is InChI=1S/C24H32O2.Ca.2H/c1-16(13-21(25)26)7-8-18-15-24(18,6)17-9-10-19-20(14-17)23(4,5)12-11-22(19,2)3;;;/h7-10,13-14,18H,11-12,15H2,1-6H3,(H,25,26);;;/b8-7+,16-13+;;;/t18-,24-;;;/m1.../s1. The van der Waals surface area contributed by atoms with Crippen LogP contribution in [0.1, 0.15) is 77.5 Å². The number of benzene rings is 1. The summed E-state index contributed by atoms with van der Waals surface area (Å²) >= 11 is 0. The van der Waals surface area contributed by atoms with E-state index in [0.29, 0.717) is 5.92 Å². The normalized spacial score (nSPS) is 28.4. The number of fused-ring (bicyclic) bond motifs is 1. The Morgan fingerprint density at radius 2 is 1.67 bits per heavy atom. The topological polar surface area (TPSA) is 37.3 Å². The van der Waals surface area contributed by atoms with E-state index in [2.05, 4.69) is 58.9 Å². The van der Waals surface area contributed by atoms with E-state index in [1.165, 1.54) is 35.6 Å². The third-order valence-corrected chi connectivity index (χ3v) is 6.76. The van der Waals surface area contributed by atoms with Crippen LogP contribution in [0.2, 0.25) is 0 Å². The second-order valence-corrected chi connectivity index (χ2v) is 9.84. The zero-order valence-corrected chi connectivity index (χ0v) is 17.0. The predicted octanol–water partition coefficient (Wildman–Crippen LogP) is 4.98. The van der Waals surface area contributed by atoms with Crippen molar-refractivity contribution in [3.8, 4) is 0 Å². The molecule has 3 heteroatoms. The Morgan fingerprint density at radius 3 is 2.26 bits per heavy atom. The molecule has 0 unspecified atom stereocenters. The van der Waals surface area contributed by atoms with Gasteiger partial charge in [-0.15, -0.1) is 0 Å². The molecule has 2 aliphatic carbocycles. The fourth-order valence-electron chi connectivity index (χ4n) is 4.46. The number of hydrogen-bond donors (Lipinski definition) is 1. The Balaban J connectivity index is 0.00000261. The summed E-state index contributed by atoms with van der Waals surface area (Å²) in [4.78, 5) is 10.8. The maximum atomic E-state index is 10.8. The molecular weight excluding hydrogens is 360 g/mol. The summed E-state index contributed by atoms with van der Waals surface area (Å²) < 4.78 is 0. The van der Waals surface area contributed by atoms with Crippen molar-refractivity contribution < 1.29 is 9.90 Å². The molecule has 3 rings (SSSR count). The summed E-state index contributed by atoms with van der Waals surface area (Å²) in [5.41, 5.74) is 5.91. The molecule has 0 saturated heterocycles. The Labute approximate surface area is 194 Å². The number of rotatable bonds is 4. The van der Waals surface area contributed by atoms with Gasteiger partial charge in [-0.1, -0.05) is 65.0 Å². The van der Waals surface area contributed by atoms with Crippen LogP contribution < -0.4 is 0 Å². The van der Waals surface area contributed by atoms with Crippen LogP contribution in [0.5, 0.6) is 0 Å². The van der Waals surface area contributed by atoms with Gasteiger partial charge in [0.05, 0.1) is 0 Å². The Bertz CT molecular complexity index is 801. The first kappa shape index (κ1) is 22.7. The van der Waals surface area contributed by atoms with E-state index in [-0.39, 0.29) is 54.0 Å². The molecule has 0 amide bonds. The van der Waals surface area contributed by atoms with Gasteiger partial charge in [0.1, 0.15) is 0 Å². The molecule has 2 nitrogen and oxygen atoms in total. The fraction of sp³-hybridized carbons (Fsp3) is 0.542. The average Bonchev–Trinajstić information content (AvgIpc) is 3.21. The van der Waals surface area contributed by atoms with Gasteiger partial charge in [0, 0.05) is 6.08 Å². The Hall–Kier alpha value is -0.570. The van der Waals surface area contributed by atoms with E-state index in [1.54, 1.807) is 0 Å². The molecule has 0 bridgehead atoms. The molecule has 0 radical (unpaired) electrons. The molecule has 144 valence electrons. The van der Waals surface area contributed by atoms with Crippen molar-refractivity contribution in [2.45, 2.75) is 77.0 Å². The van der Waals surface area contributed by atoms with Crippen molar-refractivity contribution in [2.24, 2.45) is 5.92 Å². The summed E-state index contributed by atoms with van der Waals surface area (Å²) in [6, 6.07) is 7.16. The summed E-state index contributed by atoms with van der Waals surface area (Å²) in [6.45, 7) is 13.6. The SMILES string of the molecule is CC(/C=C/[C@@H]1C[C@]1(C)c1ccc2c(c1)C(C)(C)CCC2(C)C)=C\C(=O)O.[CaH2]. The Kier molecular flexibility index (Phi) is 6.47. The summed E-state index contributed by atoms with van der Waals surface area (Å²) in [6.07, 6.45) is 9.00. The van der Waals surface area contributed by atoms with Gasteiger partial charge < -0.3 is 5.11 Å². The molecule has 1 N–H and O–H groups in total.